The minimum Gasteiger partial charge on any atom is -0.379 e. The number of aliphatic imine (C=N–C) groups is 1. The third-order valence-corrected chi connectivity index (χ3v) is 6.23. The molecule has 0 aliphatic carbocycles. The highest BCUT2D eigenvalue weighted by molar-refractivity contribution is 8.13. The molecule has 1 saturated heterocycles. The van der Waals surface area contributed by atoms with Gasteiger partial charge in [-0.3, -0.25) is 4.98 Å². The highest BCUT2D eigenvalue weighted by Gasteiger charge is 2.59. The standard InChI is InChI=1S/C20H18F2N4OS/c1-12-7-19(22)11-28-18(23)26-20(19,10-27-12)15-3-13(4-16(21)6-15)14-5-17(24-2)9-25-8-14/h3-6,8-9,12H,7,10-11H2,1H3,(H2,23,26)/t12-,19+,20+/m0/s1. The Morgan fingerprint density at radius 1 is 1.29 bits per heavy atom. The molecule has 0 radical (unpaired) electrons. The molecule has 0 saturated carbocycles. The molecule has 0 spiro atoms. The molecule has 1 fully saturated rings. The van der Waals surface area contributed by atoms with E-state index in [4.69, 9.17) is 17.0 Å². The number of pyridine rings is 1. The van der Waals surface area contributed by atoms with Crippen LogP contribution >= 0.6 is 11.8 Å². The predicted octanol–water partition coefficient (Wildman–Crippen LogP) is 4.21. The summed E-state index contributed by atoms with van der Waals surface area (Å²) in [4.78, 5) is 11.8. The summed E-state index contributed by atoms with van der Waals surface area (Å²) in [5.74, 6) is -0.389. The van der Waals surface area contributed by atoms with Crippen molar-refractivity contribution in [2.45, 2.75) is 30.7 Å². The predicted molar refractivity (Wildman–Crippen MR) is 106 cm³/mol. The second kappa shape index (κ2) is 6.83. The molecule has 0 unspecified atom stereocenters. The van der Waals surface area contributed by atoms with E-state index >= 15 is 4.39 Å². The Labute approximate surface area is 165 Å². The van der Waals surface area contributed by atoms with Crippen molar-refractivity contribution in [2.24, 2.45) is 10.7 Å². The molecule has 144 valence electrons. The van der Waals surface area contributed by atoms with Crippen LogP contribution in [0.25, 0.3) is 16.0 Å². The van der Waals surface area contributed by atoms with E-state index in [9.17, 15) is 4.39 Å². The Kier molecular flexibility index (Phi) is 4.60. The molecule has 0 bridgehead atoms. The molecule has 1 aromatic carbocycles. The number of alkyl halides is 1. The van der Waals surface area contributed by atoms with Crippen LogP contribution in [0.1, 0.15) is 18.9 Å². The minimum absolute atomic E-state index is 0.0187. The van der Waals surface area contributed by atoms with Crippen LogP contribution in [-0.4, -0.2) is 34.3 Å². The van der Waals surface area contributed by atoms with Gasteiger partial charge < -0.3 is 10.5 Å². The van der Waals surface area contributed by atoms with Crippen molar-refractivity contribution in [1.82, 2.24) is 4.98 Å². The van der Waals surface area contributed by atoms with Crippen LogP contribution in [0, 0.1) is 12.4 Å². The average molecular weight is 400 g/mol. The van der Waals surface area contributed by atoms with Gasteiger partial charge in [-0.2, -0.15) is 0 Å². The molecular weight excluding hydrogens is 382 g/mol. The van der Waals surface area contributed by atoms with E-state index in [1.54, 1.807) is 18.3 Å². The summed E-state index contributed by atoms with van der Waals surface area (Å²) in [6.07, 6.45) is 2.86. The lowest BCUT2D eigenvalue weighted by Crippen LogP contribution is -2.60. The van der Waals surface area contributed by atoms with E-state index in [0.29, 0.717) is 22.4 Å². The number of thioether (sulfide) groups is 1. The Morgan fingerprint density at radius 2 is 2.11 bits per heavy atom. The number of fused-ring (bicyclic) bond motifs is 1. The Balaban J connectivity index is 1.89. The van der Waals surface area contributed by atoms with E-state index < -0.39 is 17.0 Å². The summed E-state index contributed by atoms with van der Waals surface area (Å²) >= 11 is 1.17. The molecule has 3 atom stereocenters. The smallest absolute Gasteiger partial charge is 0.205 e. The number of nitrogens with zero attached hydrogens (tertiary/aromatic N) is 3. The number of amidine groups is 1. The first-order valence-corrected chi connectivity index (χ1v) is 9.76. The monoisotopic (exact) mass is 400 g/mol. The maximum atomic E-state index is 16.1. The molecule has 3 heterocycles. The molecule has 8 heteroatoms. The van der Waals surface area contributed by atoms with Crippen molar-refractivity contribution in [1.29, 1.82) is 0 Å². The maximum absolute atomic E-state index is 16.1. The van der Waals surface area contributed by atoms with Gasteiger partial charge in [0.25, 0.3) is 0 Å². The summed E-state index contributed by atoms with van der Waals surface area (Å²) in [5.41, 5.74) is 4.60. The quantitative estimate of drug-likeness (QED) is 0.767. The van der Waals surface area contributed by atoms with Crippen molar-refractivity contribution >= 4 is 22.6 Å². The van der Waals surface area contributed by atoms with Crippen LogP contribution in [0.2, 0.25) is 0 Å². The fourth-order valence-electron chi connectivity index (χ4n) is 3.84. The molecular formula is C20H18F2N4OS. The Bertz CT molecular complexity index is 1010. The van der Waals surface area contributed by atoms with Gasteiger partial charge in [0.05, 0.1) is 19.3 Å². The van der Waals surface area contributed by atoms with Crippen LogP contribution in [0.4, 0.5) is 14.5 Å². The largest absolute Gasteiger partial charge is 0.379 e. The molecule has 2 N–H and O–H groups in total. The molecule has 4 rings (SSSR count). The molecule has 2 aliphatic heterocycles. The highest BCUT2D eigenvalue weighted by Crippen LogP contribution is 2.51. The lowest BCUT2D eigenvalue weighted by atomic mass is 9.72. The number of aromatic nitrogens is 1. The van der Waals surface area contributed by atoms with E-state index in [1.165, 1.54) is 30.1 Å². The first-order valence-electron chi connectivity index (χ1n) is 8.78. The van der Waals surface area contributed by atoms with Crippen molar-refractivity contribution in [3.63, 3.8) is 0 Å². The van der Waals surface area contributed by atoms with Crippen LogP contribution in [0.5, 0.6) is 0 Å². The van der Waals surface area contributed by atoms with E-state index in [1.807, 2.05) is 6.92 Å². The van der Waals surface area contributed by atoms with Gasteiger partial charge in [-0.15, -0.1) is 0 Å². The van der Waals surface area contributed by atoms with Gasteiger partial charge in [0.2, 0.25) is 5.69 Å². The second-order valence-corrected chi connectivity index (χ2v) is 8.16. The molecule has 1 aromatic heterocycles. The lowest BCUT2D eigenvalue weighted by Gasteiger charge is -2.49. The first-order chi connectivity index (χ1) is 13.3. The number of halogens is 2. The van der Waals surface area contributed by atoms with Gasteiger partial charge in [-0.05, 0) is 47.9 Å². The zero-order chi connectivity index (χ0) is 19.9. The van der Waals surface area contributed by atoms with Crippen molar-refractivity contribution in [3.05, 3.63) is 59.5 Å². The van der Waals surface area contributed by atoms with E-state index in [-0.39, 0.29) is 30.1 Å². The van der Waals surface area contributed by atoms with E-state index in [0.717, 1.165) is 0 Å². The van der Waals surface area contributed by atoms with Gasteiger partial charge in [0, 0.05) is 24.6 Å². The van der Waals surface area contributed by atoms with Crippen LogP contribution < -0.4 is 5.73 Å². The van der Waals surface area contributed by atoms with Gasteiger partial charge in [0.1, 0.15) is 11.4 Å². The van der Waals surface area contributed by atoms with E-state index in [2.05, 4.69) is 14.8 Å². The molecule has 28 heavy (non-hydrogen) atoms. The van der Waals surface area contributed by atoms with Crippen molar-refractivity contribution < 1.29 is 13.5 Å². The topological polar surface area (TPSA) is 64.9 Å². The second-order valence-electron chi connectivity index (χ2n) is 7.16. The summed E-state index contributed by atoms with van der Waals surface area (Å²) in [6.45, 7) is 8.94. The third-order valence-electron chi connectivity index (χ3n) is 5.24. The number of rotatable bonds is 2. The summed E-state index contributed by atoms with van der Waals surface area (Å²) < 4.78 is 36.5. The normalized spacial score (nSPS) is 29.5. The number of ether oxygens (including phenoxy) is 1. The number of hydrogen-bond donors (Lipinski definition) is 1. The molecule has 5 nitrogen and oxygen atoms in total. The zero-order valence-electron chi connectivity index (χ0n) is 15.2. The van der Waals surface area contributed by atoms with Gasteiger partial charge in [0.15, 0.2) is 10.8 Å². The zero-order valence-corrected chi connectivity index (χ0v) is 16.0. The van der Waals surface area contributed by atoms with Crippen LogP contribution in [0.15, 0.2) is 41.7 Å². The number of nitrogens with two attached hydrogens (primary N) is 1. The molecule has 0 amide bonds. The summed E-state index contributed by atoms with van der Waals surface area (Å²) in [5, 5.41) is 0.258. The summed E-state index contributed by atoms with van der Waals surface area (Å²) in [6, 6.07) is 5.93. The SMILES string of the molecule is [C-]#[N+]c1cncc(-c2cc(F)cc([C@]34CO[C@@H](C)C[C@@]3(F)CSC(N)=N4)c2)c1. The van der Waals surface area contributed by atoms with Crippen molar-refractivity contribution in [3.8, 4) is 11.1 Å². The van der Waals surface area contributed by atoms with Crippen molar-refractivity contribution in [2.75, 3.05) is 12.4 Å². The first kappa shape index (κ1) is 18.8. The summed E-state index contributed by atoms with van der Waals surface area (Å²) in [7, 11) is 0. The maximum Gasteiger partial charge on any atom is 0.205 e. The van der Waals surface area contributed by atoms with Crippen LogP contribution in [0.3, 0.4) is 0 Å². The van der Waals surface area contributed by atoms with Gasteiger partial charge >= 0.3 is 0 Å². The van der Waals surface area contributed by atoms with Gasteiger partial charge in [-0.25, -0.2) is 18.6 Å². The molecule has 2 aromatic rings. The molecule has 2 aliphatic rings. The Hall–Kier alpha value is -2.50. The third kappa shape index (κ3) is 3.05. The minimum atomic E-state index is -1.71. The fourth-order valence-corrected chi connectivity index (χ4v) is 4.80. The number of hydrogen-bond acceptors (Lipinski definition) is 5. The van der Waals surface area contributed by atoms with Crippen LogP contribution in [-0.2, 0) is 10.3 Å². The fraction of sp³-hybridized carbons (Fsp3) is 0.350. The lowest BCUT2D eigenvalue weighted by molar-refractivity contribution is -0.106. The average Bonchev–Trinajstić information content (AvgIpc) is 2.68. The Morgan fingerprint density at radius 3 is 2.89 bits per heavy atom. The number of benzene rings is 1. The van der Waals surface area contributed by atoms with Gasteiger partial charge in [-0.1, -0.05) is 11.8 Å². The highest BCUT2D eigenvalue weighted by atomic mass is 32.2.